The molecule has 0 spiro atoms. The zero-order valence-corrected chi connectivity index (χ0v) is 10.4. The van der Waals surface area contributed by atoms with E-state index >= 15 is 0 Å². The molecule has 1 heterocycles. The van der Waals surface area contributed by atoms with Crippen LogP contribution in [0.4, 0.5) is 0 Å². The highest BCUT2D eigenvalue weighted by Crippen LogP contribution is 2.44. The summed E-state index contributed by atoms with van der Waals surface area (Å²) in [6.45, 7) is 3.29. The predicted octanol–water partition coefficient (Wildman–Crippen LogP) is 2.24. The predicted molar refractivity (Wildman–Crippen MR) is 67.7 cm³/mol. The molecule has 0 aromatic rings. The lowest BCUT2D eigenvalue weighted by Crippen LogP contribution is -2.28. The first kappa shape index (κ1) is 12.4. The summed E-state index contributed by atoms with van der Waals surface area (Å²) in [5.41, 5.74) is 0. The summed E-state index contributed by atoms with van der Waals surface area (Å²) in [5.74, 6) is -1.05. The quantitative estimate of drug-likeness (QED) is 0.728. The molecule has 2 rings (SSSR count). The van der Waals surface area contributed by atoms with Crippen molar-refractivity contribution in [1.29, 1.82) is 0 Å². The van der Waals surface area contributed by atoms with Crippen LogP contribution in [0.2, 0.25) is 0 Å². The number of nitrogens with zero attached hydrogens (tertiary/aromatic N) is 1. The largest absolute Gasteiger partial charge is 0.481 e. The van der Waals surface area contributed by atoms with Gasteiger partial charge in [0.1, 0.15) is 0 Å². The van der Waals surface area contributed by atoms with Crippen LogP contribution >= 0.6 is 0 Å². The average Bonchev–Trinajstić information content (AvgIpc) is 3.05. The fourth-order valence-electron chi connectivity index (χ4n) is 2.80. The number of unbranched alkanes of at least 4 members (excludes halogenated alkanes) is 2. The van der Waals surface area contributed by atoms with E-state index in [-0.39, 0.29) is 14.7 Å². The van der Waals surface area contributed by atoms with E-state index in [1.807, 2.05) is 0 Å². The van der Waals surface area contributed by atoms with Gasteiger partial charge in [0.25, 0.3) is 0 Å². The molecule has 0 aromatic carbocycles. The maximum Gasteiger partial charge on any atom is 0.309 e. The second-order valence-corrected chi connectivity index (χ2v) is 5.30. The Hall–Kier alpha value is -1.06. The Labute approximate surface area is 105 Å². The number of hydrogen-bond donors (Lipinski definition) is 1. The molecule has 17 heavy (non-hydrogen) atoms. The molecule has 1 aliphatic heterocycles. The zero-order valence-electron chi connectivity index (χ0n) is 10.4. The number of likely N-dealkylation sites (tertiary alicyclic amines) is 1. The van der Waals surface area contributed by atoms with Gasteiger partial charge in [-0.15, -0.1) is 0 Å². The van der Waals surface area contributed by atoms with Crippen molar-refractivity contribution >= 4 is 11.9 Å². The molecule has 2 atom stereocenters. The van der Waals surface area contributed by atoms with Gasteiger partial charge >= 0.3 is 5.97 Å². The van der Waals surface area contributed by atoms with Crippen LogP contribution in [0.25, 0.3) is 0 Å². The number of amides is 1. The molecule has 0 aromatic heterocycles. The lowest BCUT2D eigenvalue weighted by Gasteiger charge is -2.15. The van der Waals surface area contributed by atoms with Gasteiger partial charge in [0, 0.05) is 15.9 Å². The fourth-order valence-corrected chi connectivity index (χ4v) is 2.80. The number of carboxylic acids is 1. The number of hydrogen-bond acceptors (Lipinski definition) is 2. The van der Waals surface area contributed by atoms with Crippen LogP contribution in [-0.2, 0) is 9.59 Å². The second-order valence-electron chi connectivity index (χ2n) is 5.30. The maximum absolute atomic E-state index is 12.2. The Morgan fingerprint density at radius 3 is 2.71 bits per heavy atom. The molecule has 4 heteroatoms. The number of aliphatic carboxylic acids is 1. The minimum atomic E-state index is -0.798. The van der Waals surface area contributed by atoms with Crippen LogP contribution < -0.4 is 0 Å². The third-order valence-corrected chi connectivity index (χ3v) is 3.93. The highest BCUT2D eigenvalue weighted by Gasteiger charge is 2.50. The third kappa shape index (κ3) is 2.61. The van der Waals surface area contributed by atoms with Crippen LogP contribution in [0.15, 0.2) is 0 Å². The summed E-state index contributed by atoms with van der Waals surface area (Å²) in [7, 11) is 0. The standard InChI is InChI=1S/C13H21NO3.2H2/c1-2-3-4-7-14-8-10(13(16)17)11(12(14)15)9-5-6-9;;/h9-11H,2-8H2,1H3,(H,16,17);2*1H. The van der Waals surface area contributed by atoms with Gasteiger partial charge in [-0.2, -0.15) is 0 Å². The topological polar surface area (TPSA) is 57.6 Å². The van der Waals surface area contributed by atoms with Crippen LogP contribution in [0.5, 0.6) is 0 Å². The summed E-state index contributed by atoms with van der Waals surface area (Å²) < 4.78 is 0. The molecule has 1 N–H and O–H groups in total. The Morgan fingerprint density at radius 2 is 2.18 bits per heavy atom. The lowest BCUT2D eigenvalue weighted by molar-refractivity contribution is -0.144. The third-order valence-electron chi connectivity index (χ3n) is 3.93. The fraction of sp³-hybridized carbons (Fsp3) is 0.846. The Kier molecular flexibility index (Phi) is 3.69. The van der Waals surface area contributed by atoms with Crippen LogP contribution in [0, 0.1) is 17.8 Å². The Balaban J connectivity index is 0.00000162. The van der Waals surface area contributed by atoms with E-state index < -0.39 is 11.9 Å². The zero-order chi connectivity index (χ0) is 12.4. The SMILES string of the molecule is CCCCCN1CC(C(=O)O)C(C2CC2)C1=O.[HH].[HH]. The molecule has 1 saturated heterocycles. The molecule has 0 bridgehead atoms. The van der Waals surface area contributed by atoms with Gasteiger partial charge in [0.15, 0.2) is 0 Å². The Morgan fingerprint density at radius 1 is 1.47 bits per heavy atom. The Bertz CT molecular complexity index is 321. The van der Waals surface area contributed by atoms with Gasteiger partial charge in [-0.3, -0.25) is 9.59 Å². The van der Waals surface area contributed by atoms with Crippen molar-refractivity contribution in [2.24, 2.45) is 17.8 Å². The highest BCUT2D eigenvalue weighted by atomic mass is 16.4. The van der Waals surface area contributed by atoms with Crippen molar-refractivity contribution < 1.29 is 17.5 Å². The van der Waals surface area contributed by atoms with E-state index in [1.54, 1.807) is 4.90 Å². The first-order valence-corrected chi connectivity index (χ1v) is 6.66. The molecule has 100 valence electrons. The number of rotatable bonds is 6. The first-order valence-electron chi connectivity index (χ1n) is 6.66. The molecule has 1 aliphatic carbocycles. The van der Waals surface area contributed by atoms with E-state index in [0.717, 1.165) is 38.6 Å². The molecule has 1 amide bonds. The van der Waals surface area contributed by atoms with E-state index in [9.17, 15) is 14.7 Å². The summed E-state index contributed by atoms with van der Waals surface area (Å²) in [6, 6.07) is 0. The van der Waals surface area contributed by atoms with Crippen molar-refractivity contribution in [3.8, 4) is 0 Å². The lowest BCUT2D eigenvalue weighted by atomic mass is 9.91. The van der Waals surface area contributed by atoms with Gasteiger partial charge in [-0.25, -0.2) is 0 Å². The van der Waals surface area contributed by atoms with Crippen molar-refractivity contribution in [3.63, 3.8) is 0 Å². The summed E-state index contributed by atoms with van der Waals surface area (Å²) in [6.07, 6.45) is 5.28. The van der Waals surface area contributed by atoms with Gasteiger partial charge in [0.05, 0.1) is 11.8 Å². The van der Waals surface area contributed by atoms with Crippen LogP contribution in [-0.4, -0.2) is 35.0 Å². The van der Waals surface area contributed by atoms with E-state index in [4.69, 9.17) is 0 Å². The molecule has 4 nitrogen and oxygen atoms in total. The average molecular weight is 243 g/mol. The van der Waals surface area contributed by atoms with Gasteiger partial charge in [-0.1, -0.05) is 19.8 Å². The molecular weight excluding hydrogens is 218 g/mol. The molecule has 2 aliphatic rings. The number of carbonyl (C=O) groups excluding carboxylic acids is 1. The number of carboxylic acid groups (broad SMARTS) is 1. The second kappa shape index (κ2) is 5.07. The molecule has 2 fully saturated rings. The van der Waals surface area contributed by atoms with Crippen molar-refractivity contribution in [2.45, 2.75) is 39.0 Å². The number of carbonyl (C=O) groups is 2. The first-order chi connectivity index (χ1) is 8.15. The van der Waals surface area contributed by atoms with Crippen LogP contribution in [0.1, 0.15) is 41.9 Å². The molecular formula is C13H25NO3. The van der Waals surface area contributed by atoms with E-state index in [0.29, 0.717) is 12.5 Å². The summed E-state index contributed by atoms with van der Waals surface area (Å²) >= 11 is 0. The summed E-state index contributed by atoms with van der Waals surface area (Å²) in [5, 5.41) is 9.19. The smallest absolute Gasteiger partial charge is 0.309 e. The molecule has 0 radical (unpaired) electrons. The van der Waals surface area contributed by atoms with Crippen LogP contribution in [0.3, 0.4) is 0 Å². The van der Waals surface area contributed by atoms with Gasteiger partial charge < -0.3 is 10.0 Å². The van der Waals surface area contributed by atoms with Crippen molar-refractivity contribution in [1.82, 2.24) is 4.90 Å². The van der Waals surface area contributed by atoms with Gasteiger partial charge in [-0.05, 0) is 25.2 Å². The normalized spacial score (nSPS) is 28.8. The highest BCUT2D eigenvalue weighted by molar-refractivity contribution is 5.89. The minimum Gasteiger partial charge on any atom is -0.481 e. The maximum atomic E-state index is 12.2. The minimum absolute atomic E-state index is 0. The molecule has 1 saturated carbocycles. The van der Waals surface area contributed by atoms with E-state index in [2.05, 4.69) is 6.92 Å². The monoisotopic (exact) mass is 243 g/mol. The summed E-state index contributed by atoms with van der Waals surface area (Å²) in [4.78, 5) is 25.1. The van der Waals surface area contributed by atoms with Crippen molar-refractivity contribution in [3.05, 3.63) is 0 Å². The molecule has 2 unspecified atom stereocenters. The van der Waals surface area contributed by atoms with E-state index in [1.165, 1.54) is 0 Å². The van der Waals surface area contributed by atoms with Crippen molar-refractivity contribution in [2.75, 3.05) is 13.1 Å². The van der Waals surface area contributed by atoms with Gasteiger partial charge in [0.2, 0.25) is 5.91 Å².